The summed E-state index contributed by atoms with van der Waals surface area (Å²) >= 11 is 0. The summed E-state index contributed by atoms with van der Waals surface area (Å²) in [6.07, 6.45) is 0. The van der Waals surface area contributed by atoms with Crippen LogP contribution in [0.1, 0.15) is 26.4 Å². The van der Waals surface area contributed by atoms with Crippen LogP contribution >= 0.6 is 0 Å². The molecule has 0 unspecified atom stereocenters. The normalized spacial score (nSPS) is 13.5. The van der Waals surface area contributed by atoms with E-state index in [1.165, 1.54) is 6.07 Å². The number of carbonyl (C=O) groups excluding carboxylic acids is 2. The van der Waals surface area contributed by atoms with Gasteiger partial charge in [-0.1, -0.05) is 42.5 Å². The molecule has 1 saturated heterocycles. The molecule has 7 heteroatoms. The quantitative estimate of drug-likeness (QED) is 0.381. The third-order valence-electron chi connectivity index (χ3n) is 6.81. The fraction of sp³-hybridized carbons (Fsp3) is 0.200. The van der Waals surface area contributed by atoms with Crippen molar-refractivity contribution in [2.75, 3.05) is 33.3 Å². The van der Waals surface area contributed by atoms with Gasteiger partial charge in [-0.15, -0.1) is 0 Å². The zero-order chi connectivity index (χ0) is 25.9. The Morgan fingerprint density at radius 2 is 1.43 bits per heavy atom. The van der Waals surface area contributed by atoms with Gasteiger partial charge in [0.25, 0.3) is 11.8 Å². The lowest BCUT2D eigenvalue weighted by Crippen LogP contribution is -2.50. The van der Waals surface area contributed by atoms with Crippen LogP contribution in [0.4, 0.5) is 4.39 Å². The predicted molar refractivity (Wildman–Crippen MR) is 141 cm³/mol. The van der Waals surface area contributed by atoms with Crippen molar-refractivity contribution in [3.8, 4) is 22.7 Å². The first-order chi connectivity index (χ1) is 18.0. The van der Waals surface area contributed by atoms with Gasteiger partial charge in [-0.25, -0.2) is 4.39 Å². The van der Waals surface area contributed by atoms with Gasteiger partial charge in [0.05, 0.1) is 24.1 Å². The van der Waals surface area contributed by atoms with E-state index in [0.717, 1.165) is 5.56 Å². The van der Waals surface area contributed by atoms with Crippen LogP contribution in [0.25, 0.3) is 16.9 Å². The topological polar surface area (TPSA) is 54.8 Å². The summed E-state index contributed by atoms with van der Waals surface area (Å²) in [5.41, 5.74) is 3.67. The summed E-state index contributed by atoms with van der Waals surface area (Å²) in [7, 11) is 1.59. The van der Waals surface area contributed by atoms with Crippen molar-refractivity contribution in [3.05, 3.63) is 108 Å². The van der Waals surface area contributed by atoms with Crippen LogP contribution in [-0.2, 0) is 0 Å². The van der Waals surface area contributed by atoms with Crippen LogP contribution < -0.4 is 4.74 Å². The maximum Gasteiger partial charge on any atom is 0.255 e. The average molecular weight is 498 g/mol. The third-order valence-corrected chi connectivity index (χ3v) is 6.81. The van der Waals surface area contributed by atoms with Gasteiger partial charge in [0.15, 0.2) is 0 Å². The van der Waals surface area contributed by atoms with E-state index >= 15 is 0 Å². The number of rotatable bonds is 5. The van der Waals surface area contributed by atoms with Crippen LogP contribution in [-0.4, -0.2) is 59.5 Å². The molecule has 188 valence electrons. The second kappa shape index (κ2) is 10.3. The molecule has 1 aromatic heterocycles. The molecule has 5 rings (SSSR count). The average Bonchev–Trinajstić information content (AvgIpc) is 3.29. The van der Waals surface area contributed by atoms with Gasteiger partial charge < -0.3 is 19.1 Å². The lowest BCUT2D eigenvalue weighted by Gasteiger charge is -2.34. The van der Waals surface area contributed by atoms with E-state index in [1.54, 1.807) is 51.8 Å². The maximum atomic E-state index is 14.9. The van der Waals surface area contributed by atoms with E-state index in [2.05, 4.69) is 0 Å². The molecule has 1 fully saturated rings. The second-order valence-electron chi connectivity index (χ2n) is 9.00. The van der Waals surface area contributed by atoms with Gasteiger partial charge in [-0.05, 0) is 49.4 Å². The van der Waals surface area contributed by atoms with Gasteiger partial charge >= 0.3 is 0 Å². The molecule has 6 nitrogen and oxygen atoms in total. The molecule has 1 aliphatic rings. The molecule has 0 bridgehead atoms. The van der Waals surface area contributed by atoms with E-state index in [4.69, 9.17) is 4.74 Å². The summed E-state index contributed by atoms with van der Waals surface area (Å²) in [5.74, 6) is 0.124. The lowest BCUT2D eigenvalue weighted by atomic mass is 10.1. The number of amides is 2. The maximum absolute atomic E-state index is 14.9. The minimum atomic E-state index is -0.377. The number of methoxy groups -OCH3 is 1. The molecule has 0 spiro atoms. The summed E-state index contributed by atoms with van der Waals surface area (Å²) < 4.78 is 22.1. The van der Waals surface area contributed by atoms with Crippen molar-refractivity contribution in [1.82, 2.24) is 14.4 Å². The van der Waals surface area contributed by atoms with Crippen LogP contribution in [0.3, 0.4) is 0 Å². The molecule has 2 heterocycles. The van der Waals surface area contributed by atoms with Crippen molar-refractivity contribution < 1.29 is 18.7 Å². The van der Waals surface area contributed by atoms with Gasteiger partial charge in [0.1, 0.15) is 11.6 Å². The van der Waals surface area contributed by atoms with Crippen LogP contribution in [0.15, 0.2) is 84.9 Å². The number of piperazine rings is 1. The van der Waals surface area contributed by atoms with Crippen molar-refractivity contribution in [2.24, 2.45) is 0 Å². The summed E-state index contributed by atoms with van der Waals surface area (Å²) in [5, 5.41) is 0. The number of nitrogens with zero attached hydrogens (tertiary/aromatic N) is 3. The third kappa shape index (κ3) is 4.72. The molecule has 0 saturated carbocycles. The molecule has 0 aliphatic carbocycles. The highest BCUT2D eigenvalue weighted by atomic mass is 19.1. The Morgan fingerprint density at radius 1 is 0.784 bits per heavy atom. The Balaban J connectivity index is 1.45. The highest BCUT2D eigenvalue weighted by Gasteiger charge is 2.29. The molecular formula is C30H28FN3O3. The van der Waals surface area contributed by atoms with Gasteiger partial charge in [0.2, 0.25) is 0 Å². The molecule has 0 atom stereocenters. The van der Waals surface area contributed by atoms with Gasteiger partial charge in [-0.2, -0.15) is 0 Å². The molecule has 0 radical (unpaired) electrons. The van der Waals surface area contributed by atoms with Crippen LogP contribution in [0.5, 0.6) is 5.75 Å². The molecule has 0 N–H and O–H groups in total. The first-order valence-corrected chi connectivity index (χ1v) is 12.2. The molecule has 2 amide bonds. The number of halogens is 1. The highest BCUT2D eigenvalue weighted by molar-refractivity contribution is 5.98. The van der Waals surface area contributed by atoms with E-state index in [-0.39, 0.29) is 17.6 Å². The van der Waals surface area contributed by atoms with E-state index < -0.39 is 0 Å². The summed E-state index contributed by atoms with van der Waals surface area (Å²) in [6, 6.07) is 25.0. The first kappa shape index (κ1) is 24.3. The monoisotopic (exact) mass is 497 g/mol. The zero-order valence-corrected chi connectivity index (χ0v) is 20.9. The number of ether oxygens (including phenoxy) is 1. The van der Waals surface area contributed by atoms with Crippen LogP contribution in [0.2, 0.25) is 0 Å². The Bertz CT molecular complexity index is 1440. The minimum absolute atomic E-state index is 0.0325. The highest BCUT2D eigenvalue weighted by Crippen LogP contribution is 2.33. The first-order valence-electron chi connectivity index (χ1n) is 12.2. The fourth-order valence-electron chi connectivity index (χ4n) is 4.81. The zero-order valence-electron chi connectivity index (χ0n) is 20.9. The molecular weight excluding hydrogens is 469 g/mol. The van der Waals surface area contributed by atoms with Gasteiger partial charge in [-0.3, -0.25) is 9.59 Å². The Morgan fingerprint density at radius 3 is 2.11 bits per heavy atom. The Kier molecular flexibility index (Phi) is 6.77. The SMILES string of the molecule is COc1cccc(-c2cc(C(=O)N3CCN(C(=O)c4ccccc4)CC3)c(C)n2-c2ccccc2F)c1. The van der Waals surface area contributed by atoms with E-state index in [1.807, 2.05) is 55.5 Å². The van der Waals surface area contributed by atoms with Crippen molar-refractivity contribution >= 4 is 11.8 Å². The number of hydrogen-bond donors (Lipinski definition) is 0. The smallest absolute Gasteiger partial charge is 0.255 e. The van der Waals surface area contributed by atoms with E-state index in [0.29, 0.717) is 60.1 Å². The van der Waals surface area contributed by atoms with Crippen molar-refractivity contribution in [3.63, 3.8) is 0 Å². The summed E-state index contributed by atoms with van der Waals surface area (Å²) in [4.78, 5) is 30.1. The number of benzene rings is 3. The summed E-state index contributed by atoms with van der Waals surface area (Å²) in [6.45, 7) is 3.59. The minimum Gasteiger partial charge on any atom is -0.497 e. The van der Waals surface area contributed by atoms with Gasteiger partial charge in [0, 0.05) is 43.0 Å². The second-order valence-corrected chi connectivity index (χ2v) is 9.00. The van der Waals surface area contributed by atoms with Crippen molar-refractivity contribution in [2.45, 2.75) is 6.92 Å². The fourth-order valence-corrected chi connectivity index (χ4v) is 4.81. The number of hydrogen-bond acceptors (Lipinski definition) is 3. The number of para-hydroxylation sites is 1. The van der Waals surface area contributed by atoms with Crippen LogP contribution in [0, 0.1) is 12.7 Å². The molecule has 3 aromatic carbocycles. The van der Waals surface area contributed by atoms with Crippen molar-refractivity contribution in [1.29, 1.82) is 0 Å². The largest absolute Gasteiger partial charge is 0.497 e. The number of carbonyl (C=O) groups is 2. The standard InChI is InChI=1S/C30H28FN3O3/c1-21-25(30(36)33-17-15-32(16-18-33)29(35)22-9-4-3-5-10-22)20-28(23-11-8-12-24(19-23)37-2)34(21)27-14-7-6-13-26(27)31/h3-14,19-20H,15-18H2,1-2H3. The molecule has 4 aromatic rings. The van der Waals surface area contributed by atoms with E-state index in [9.17, 15) is 14.0 Å². The number of aromatic nitrogens is 1. The lowest BCUT2D eigenvalue weighted by molar-refractivity contribution is 0.0535. The Hall–Kier alpha value is -4.39. The molecule has 37 heavy (non-hydrogen) atoms. The predicted octanol–water partition coefficient (Wildman–Crippen LogP) is 5.20. The molecule has 1 aliphatic heterocycles. The Labute approximate surface area is 215 Å².